The van der Waals surface area contributed by atoms with Gasteiger partial charge in [-0.2, -0.15) is 0 Å². The van der Waals surface area contributed by atoms with Gasteiger partial charge >= 0.3 is 5.69 Å². The van der Waals surface area contributed by atoms with E-state index in [2.05, 4.69) is 15.9 Å². The standard InChI is InChI=1S/C12H17BrN2O3/c1-3-12(14,4-2)8-18-11-7-9(13)5-6-10(11)15(16)17/h5-7H,3-4,8,14H2,1-2H3. The number of hydrogen-bond acceptors (Lipinski definition) is 4. The van der Waals surface area contributed by atoms with Gasteiger partial charge in [0.2, 0.25) is 0 Å². The van der Waals surface area contributed by atoms with Crippen molar-refractivity contribution in [2.24, 2.45) is 5.73 Å². The van der Waals surface area contributed by atoms with E-state index in [1.54, 1.807) is 12.1 Å². The fraction of sp³-hybridized carbons (Fsp3) is 0.500. The summed E-state index contributed by atoms with van der Waals surface area (Å²) in [6.07, 6.45) is 1.51. The maximum Gasteiger partial charge on any atom is 0.310 e. The Kier molecular flexibility index (Phi) is 5.10. The molecular formula is C12H17BrN2O3. The van der Waals surface area contributed by atoms with Gasteiger partial charge in [0.1, 0.15) is 6.61 Å². The van der Waals surface area contributed by atoms with Crippen molar-refractivity contribution in [1.29, 1.82) is 0 Å². The van der Waals surface area contributed by atoms with Gasteiger partial charge in [0.05, 0.1) is 4.92 Å². The number of nitro benzene ring substituents is 1. The van der Waals surface area contributed by atoms with E-state index in [1.807, 2.05) is 13.8 Å². The minimum atomic E-state index is -0.460. The number of benzene rings is 1. The normalized spacial score (nSPS) is 11.3. The Bertz CT molecular complexity index is 433. The molecule has 0 atom stereocenters. The lowest BCUT2D eigenvalue weighted by Gasteiger charge is -2.26. The lowest BCUT2D eigenvalue weighted by Crippen LogP contribution is -2.44. The third kappa shape index (κ3) is 3.68. The Morgan fingerprint density at radius 1 is 1.44 bits per heavy atom. The van der Waals surface area contributed by atoms with Crippen molar-refractivity contribution in [2.75, 3.05) is 6.61 Å². The number of nitrogens with two attached hydrogens (primary N) is 1. The Morgan fingerprint density at radius 3 is 2.56 bits per heavy atom. The van der Waals surface area contributed by atoms with Gasteiger partial charge < -0.3 is 10.5 Å². The van der Waals surface area contributed by atoms with E-state index >= 15 is 0 Å². The smallest absolute Gasteiger partial charge is 0.310 e. The van der Waals surface area contributed by atoms with Crippen LogP contribution in [0.1, 0.15) is 26.7 Å². The first kappa shape index (κ1) is 14.9. The lowest BCUT2D eigenvalue weighted by atomic mass is 9.96. The molecular weight excluding hydrogens is 300 g/mol. The predicted molar refractivity (Wildman–Crippen MR) is 73.8 cm³/mol. The quantitative estimate of drug-likeness (QED) is 0.645. The van der Waals surface area contributed by atoms with Crippen LogP contribution in [0.15, 0.2) is 22.7 Å². The highest BCUT2D eigenvalue weighted by molar-refractivity contribution is 9.10. The number of halogens is 1. The number of hydrogen-bond donors (Lipinski definition) is 1. The fourth-order valence-corrected chi connectivity index (χ4v) is 1.77. The van der Waals surface area contributed by atoms with Gasteiger partial charge in [-0.15, -0.1) is 0 Å². The van der Waals surface area contributed by atoms with Gasteiger partial charge in [-0.3, -0.25) is 10.1 Å². The fourth-order valence-electron chi connectivity index (χ4n) is 1.43. The van der Waals surface area contributed by atoms with Gasteiger partial charge in [-0.05, 0) is 18.9 Å². The lowest BCUT2D eigenvalue weighted by molar-refractivity contribution is -0.385. The SMILES string of the molecule is CCC(N)(CC)COc1cc(Br)ccc1[N+](=O)[O-]. The second-order valence-corrected chi connectivity index (χ2v) is 5.14. The molecule has 1 rings (SSSR count). The summed E-state index contributed by atoms with van der Waals surface area (Å²) < 4.78 is 6.26. The van der Waals surface area contributed by atoms with Crippen molar-refractivity contribution < 1.29 is 9.66 Å². The molecule has 0 aromatic heterocycles. The van der Waals surface area contributed by atoms with Gasteiger partial charge in [0.25, 0.3) is 0 Å². The second kappa shape index (κ2) is 6.15. The summed E-state index contributed by atoms with van der Waals surface area (Å²) in [4.78, 5) is 10.4. The van der Waals surface area contributed by atoms with Gasteiger partial charge in [-0.25, -0.2) is 0 Å². The van der Waals surface area contributed by atoms with Crippen molar-refractivity contribution in [3.05, 3.63) is 32.8 Å². The average molecular weight is 317 g/mol. The van der Waals surface area contributed by atoms with Crippen LogP contribution in [0.4, 0.5) is 5.69 Å². The van der Waals surface area contributed by atoms with Crippen LogP contribution >= 0.6 is 15.9 Å². The van der Waals surface area contributed by atoms with Crippen molar-refractivity contribution in [3.8, 4) is 5.75 Å². The molecule has 6 heteroatoms. The molecule has 0 spiro atoms. The topological polar surface area (TPSA) is 78.4 Å². The maximum absolute atomic E-state index is 10.9. The summed E-state index contributed by atoms with van der Waals surface area (Å²) in [7, 11) is 0. The van der Waals surface area contributed by atoms with Crippen LogP contribution in [-0.4, -0.2) is 17.1 Å². The molecule has 18 heavy (non-hydrogen) atoms. The molecule has 0 bridgehead atoms. The van der Waals surface area contributed by atoms with Crippen LogP contribution in [0.5, 0.6) is 5.75 Å². The van der Waals surface area contributed by atoms with E-state index in [-0.39, 0.29) is 18.0 Å². The zero-order chi connectivity index (χ0) is 13.8. The van der Waals surface area contributed by atoms with E-state index in [9.17, 15) is 10.1 Å². The first-order valence-corrected chi connectivity index (χ1v) is 6.57. The summed E-state index contributed by atoms with van der Waals surface area (Å²) in [5.74, 6) is 0.242. The molecule has 0 radical (unpaired) electrons. The molecule has 1 aromatic carbocycles. The highest BCUT2D eigenvalue weighted by Gasteiger charge is 2.23. The van der Waals surface area contributed by atoms with Crippen molar-refractivity contribution >= 4 is 21.6 Å². The first-order chi connectivity index (χ1) is 8.41. The van der Waals surface area contributed by atoms with Crippen LogP contribution in [-0.2, 0) is 0 Å². The third-order valence-electron chi connectivity index (χ3n) is 3.04. The van der Waals surface area contributed by atoms with Crippen molar-refractivity contribution in [2.45, 2.75) is 32.2 Å². The van der Waals surface area contributed by atoms with Crippen LogP contribution in [0, 0.1) is 10.1 Å². The summed E-state index contributed by atoms with van der Waals surface area (Å²) in [6, 6.07) is 4.61. The van der Waals surface area contributed by atoms with Gasteiger partial charge in [0.15, 0.2) is 5.75 Å². The highest BCUT2D eigenvalue weighted by atomic mass is 79.9. The molecule has 1 aromatic rings. The average Bonchev–Trinajstić information content (AvgIpc) is 2.35. The number of rotatable bonds is 6. The summed E-state index contributed by atoms with van der Waals surface area (Å²) in [5, 5.41) is 10.9. The molecule has 0 unspecified atom stereocenters. The predicted octanol–water partition coefficient (Wildman–Crippen LogP) is 3.25. The van der Waals surface area contributed by atoms with Crippen molar-refractivity contribution in [1.82, 2.24) is 0 Å². The van der Waals surface area contributed by atoms with Gasteiger partial charge in [0, 0.05) is 22.1 Å². The molecule has 0 aliphatic carbocycles. The van der Waals surface area contributed by atoms with E-state index in [0.717, 1.165) is 17.3 Å². The van der Waals surface area contributed by atoms with Crippen LogP contribution < -0.4 is 10.5 Å². The van der Waals surface area contributed by atoms with Crippen molar-refractivity contribution in [3.63, 3.8) is 0 Å². The van der Waals surface area contributed by atoms with Gasteiger partial charge in [-0.1, -0.05) is 29.8 Å². The molecule has 5 nitrogen and oxygen atoms in total. The Morgan fingerprint density at radius 2 is 2.06 bits per heavy atom. The second-order valence-electron chi connectivity index (χ2n) is 4.23. The minimum Gasteiger partial charge on any atom is -0.485 e. The number of ether oxygens (including phenoxy) is 1. The van der Waals surface area contributed by atoms with E-state index < -0.39 is 10.5 Å². The molecule has 0 fully saturated rings. The van der Waals surface area contributed by atoms with Crippen LogP contribution in [0.3, 0.4) is 0 Å². The van der Waals surface area contributed by atoms with Crippen LogP contribution in [0.2, 0.25) is 0 Å². The molecule has 100 valence electrons. The monoisotopic (exact) mass is 316 g/mol. The maximum atomic E-state index is 10.9. The molecule has 0 aliphatic rings. The molecule has 2 N–H and O–H groups in total. The summed E-state index contributed by atoms with van der Waals surface area (Å²) >= 11 is 3.27. The Balaban J connectivity index is 2.90. The minimum absolute atomic E-state index is 0.0484. The molecule has 0 saturated carbocycles. The number of nitro groups is 1. The zero-order valence-electron chi connectivity index (χ0n) is 10.5. The van der Waals surface area contributed by atoms with E-state index in [1.165, 1.54) is 6.07 Å². The number of nitrogens with zero attached hydrogens (tertiary/aromatic N) is 1. The molecule has 0 saturated heterocycles. The largest absolute Gasteiger partial charge is 0.485 e. The summed E-state index contributed by atoms with van der Waals surface area (Å²) in [5.41, 5.74) is 5.61. The third-order valence-corrected chi connectivity index (χ3v) is 3.54. The summed E-state index contributed by atoms with van der Waals surface area (Å²) in [6.45, 7) is 4.21. The van der Waals surface area contributed by atoms with Crippen LogP contribution in [0.25, 0.3) is 0 Å². The van der Waals surface area contributed by atoms with E-state index in [0.29, 0.717) is 0 Å². The highest BCUT2D eigenvalue weighted by Crippen LogP contribution is 2.31. The zero-order valence-corrected chi connectivity index (χ0v) is 12.1. The van der Waals surface area contributed by atoms with E-state index in [4.69, 9.17) is 10.5 Å². The molecule has 0 heterocycles. The Labute approximate surface area is 115 Å². The molecule has 0 aliphatic heterocycles. The Hall–Kier alpha value is -1.14. The first-order valence-electron chi connectivity index (χ1n) is 5.77. The molecule has 0 amide bonds.